The minimum Gasteiger partial charge on any atom is -0.465 e. The summed E-state index contributed by atoms with van der Waals surface area (Å²) in [6.45, 7) is 1.45. The Labute approximate surface area is 129 Å². The van der Waals surface area contributed by atoms with Crippen LogP contribution in [0.3, 0.4) is 0 Å². The molecule has 0 radical (unpaired) electrons. The zero-order valence-electron chi connectivity index (χ0n) is 12.6. The highest BCUT2D eigenvalue weighted by molar-refractivity contribution is 7.91. The topological polar surface area (TPSA) is 102 Å². The van der Waals surface area contributed by atoms with Crippen molar-refractivity contribution in [2.24, 2.45) is 0 Å². The van der Waals surface area contributed by atoms with E-state index in [1.54, 1.807) is 0 Å². The zero-order chi connectivity index (χ0) is 16.2. The van der Waals surface area contributed by atoms with Crippen LogP contribution in [0.2, 0.25) is 0 Å². The Morgan fingerprint density at radius 2 is 2.05 bits per heavy atom. The lowest BCUT2D eigenvalue weighted by atomic mass is 10.3. The summed E-state index contributed by atoms with van der Waals surface area (Å²) in [6, 6.07) is 0. The fourth-order valence-electron chi connectivity index (χ4n) is 1.75. The van der Waals surface area contributed by atoms with Gasteiger partial charge in [0.15, 0.2) is 9.84 Å². The Hall–Kier alpha value is -1.32. The lowest BCUT2D eigenvalue weighted by Crippen LogP contribution is -2.16. The molecule has 0 aliphatic heterocycles. The summed E-state index contributed by atoms with van der Waals surface area (Å²) in [5, 5.41) is 3.42. The third kappa shape index (κ3) is 4.58. The number of hydrogen-bond acceptors (Lipinski definition) is 8. The number of methoxy groups -OCH3 is 1. The molecule has 0 saturated heterocycles. The molecule has 0 aromatic carbocycles. The molecular formula is C12H21N3O4S2. The molecule has 0 aliphatic carbocycles. The van der Waals surface area contributed by atoms with Gasteiger partial charge >= 0.3 is 5.97 Å². The van der Waals surface area contributed by atoms with Crippen molar-refractivity contribution in [3.8, 4) is 0 Å². The first-order valence-corrected chi connectivity index (χ1v) is 8.98. The lowest BCUT2D eigenvalue weighted by molar-refractivity contribution is 0.0607. The van der Waals surface area contributed by atoms with Crippen molar-refractivity contribution in [1.29, 1.82) is 0 Å². The van der Waals surface area contributed by atoms with Gasteiger partial charge in [0.1, 0.15) is 14.8 Å². The Morgan fingerprint density at radius 1 is 1.43 bits per heavy atom. The summed E-state index contributed by atoms with van der Waals surface area (Å²) in [7, 11) is 1.61. The van der Waals surface area contributed by atoms with Gasteiger partial charge in [-0.05, 0) is 27.1 Å². The van der Waals surface area contributed by atoms with Crippen LogP contribution in [0.1, 0.15) is 16.1 Å². The maximum absolute atomic E-state index is 11.9. The highest BCUT2D eigenvalue weighted by Gasteiger charge is 2.27. The Morgan fingerprint density at radius 3 is 2.52 bits per heavy atom. The molecule has 7 nitrogen and oxygen atoms in total. The van der Waals surface area contributed by atoms with Crippen LogP contribution in [0, 0.1) is 0 Å². The third-order valence-electron chi connectivity index (χ3n) is 2.71. The van der Waals surface area contributed by atoms with Crippen LogP contribution in [-0.2, 0) is 14.6 Å². The number of nitrogen functional groups attached to an aromatic ring is 1. The minimum absolute atomic E-state index is 0.0299. The van der Waals surface area contributed by atoms with Crippen LogP contribution in [0.15, 0.2) is 4.90 Å². The minimum atomic E-state index is -3.53. The molecule has 0 spiro atoms. The number of thiophene rings is 1. The Bertz CT molecular complexity index is 608. The number of rotatable bonds is 7. The van der Waals surface area contributed by atoms with E-state index in [1.165, 1.54) is 7.11 Å². The third-order valence-corrected chi connectivity index (χ3v) is 5.15. The number of nitrogens with two attached hydrogens (primary N) is 1. The first-order chi connectivity index (χ1) is 9.68. The molecule has 0 fully saturated rings. The summed E-state index contributed by atoms with van der Waals surface area (Å²) in [5.74, 6) is -0.635. The van der Waals surface area contributed by atoms with E-state index in [4.69, 9.17) is 5.73 Å². The van der Waals surface area contributed by atoms with Crippen molar-refractivity contribution in [2.45, 2.75) is 11.3 Å². The monoisotopic (exact) mass is 335 g/mol. The number of nitrogens with one attached hydrogen (secondary N) is 1. The van der Waals surface area contributed by atoms with Gasteiger partial charge in [-0.15, -0.1) is 11.3 Å². The number of esters is 1. The molecular weight excluding hydrogens is 314 g/mol. The van der Waals surface area contributed by atoms with Gasteiger partial charge in [0.2, 0.25) is 0 Å². The summed E-state index contributed by atoms with van der Waals surface area (Å²) >= 11 is 1.00. The molecule has 21 heavy (non-hydrogen) atoms. The molecule has 3 N–H and O–H groups in total. The van der Waals surface area contributed by atoms with Gasteiger partial charge in [0.05, 0.1) is 12.8 Å². The van der Waals surface area contributed by atoms with Crippen LogP contribution in [0.4, 0.5) is 10.7 Å². The SMILES string of the molecule is COC(=O)c1sc(NCCCN(C)C)c(S(C)(=O)=O)c1N. The zero-order valence-corrected chi connectivity index (χ0v) is 14.2. The van der Waals surface area contributed by atoms with Crippen molar-refractivity contribution in [3.63, 3.8) is 0 Å². The van der Waals surface area contributed by atoms with Gasteiger partial charge in [-0.25, -0.2) is 13.2 Å². The molecule has 1 aromatic heterocycles. The van der Waals surface area contributed by atoms with E-state index >= 15 is 0 Å². The summed E-state index contributed by atoms with van der Waals surface area (Å²) in [6.07, 6.45) is 1.90. The molecule has 0 aliphatic rings. The van der Waals surface area contributed by atoms with Crippen molar-refractivity contribution in [3.05, 3.63) is 4.88 Å². The number of anilines is 2. The van der Waals surface area contributed by atoms with Crippen molar-refractivity contribution in [2.75, 3.05) is 51.6 Å². The highest BCUT2D eigenvalue weighted by Crippen LogP contribution is 2.39. The molecule has 0 amide bonds. The molecule has 9 heteroatoms. The van der Waals surface area contributed by atoms with Gasteiger partial charge in [-0.2, -0.15) is 0 Å². The van der Waals surface area contributed by atoms with E-state index in [9.17, 15) is 13.2 Å². The van der Waals surface area contributed by atoms with E-state index in [0.717, 1.165) is 30.6 Å². The number of sulfone groups is 1. The standard InChI is InChI=1S/C12H21N3O4S2/c1-15(2)7-5-6-14-11-10(21(4,17)18)8(13)9(20-11)12(16)19-3/h14H,5-7,13H2,1-4H3. The van der Waals surface area contributed by atoms with Crippen LogP contribution in [-0.4, -0.2) is 59.8 Å². The van der Waals surface area contributed by atoms with E-state index in [-0.39, 0.29) is 15.5 Å². The summed E-state index contributed by atoms with van der Waals surface area (Å²) in [4.78, 5) is 13.7. The van der Waals surface area contributed by atoms with E-state index in [1.807, 2.05) is 19.0 Å². The maximum Gasteiger partial charge on any atom is 0.350 e. The number of carbonyl (C=O) groups excluding carboxylic acids is 1. The Kier molecular flexibility index (Phi) is 5.99. The molecule has 1 rings (SSSR count). The average molecular weight is 335 g/mol. The van der Waals surface area contributed by atoms with Crippen LogP contribution in [0.5, 0.6) is 0 Å². The maximum atomic E-state index is 11.9. The average Bonchev–Trinajstić information content (AvgIpc) is 2.70. The predicted octanol–water partition coefficient (Wildman–Crippen LogP) is 0.884. The normalized spacial score (nSPS) is 11.7. The molecule has 0 atom stereocenters. The van der Waals surface area contributed by atoms with Gasteiger partial charge in [-0.1, -0.05) is 0 Å². The van der Waals surface area contributed by atoms with Gasteiger partial charge < -0.3 is 20.7 Å². The molecule has 0 saturated carbocycles. The molecule has 1 heterocycles. The first kappa shape index (κ1) is 17.7. The molecule has 120 valence electrons. The van der Waals surface area contributed by atoms with Gasteiger partial charge in [0.25, 0.3) is 0 Å². The van der Waals surface area contributed by atoms with Gasteiger partial charge in [0, 0.05) is 12.8 Å². The molecule has 0 unspecified atom stereocenters. The second-order valence-electron chi connectivity index (χ2n) is 4.85. The van der Waals surface area contributed by atoms with Crippen molar-refractivity contribution in [1.82, 2.24) is 4.90 Å². The van der Waals surface area contributed by atoms with E-state index in [0.29, 0.717) is 11.5 Å². The van der Waals surface area contributed by atoms with Crippen LogP contribution in [0.25, 0.3) is 0 Å². The second kappa shape index (κ2) is 7.10. The lowest BCUT2D eigenvalue weighted by Gasteiger charge is -2.10. The summed E-state index contributed by atoms with van der Waals surface area (Å²) < 4.78 is 28.3. The van der Waals surface area contributed by atoms with E-state index < -0.39 is 15.8 Å². The second-order valence-corrected chi connectivity index (χ2v) is 7.82. The quantitative estimate of drug-likeness (QED) is 0.563. The largest absolute Gasteiger partial charge is 0.465 e. The van der Waals surface area contributed by atoms with Crippen LogP contribution < -0.4 is 11.1 Å². The Balaban J connectivity index is 3.04. The fourth-order valence-corrected chi connectivity index (χ4v) is 4.27. The number of carbonyl (C=O) groups is 1. The summed E-state index contributed by atoms with van der Waals surface area (Å²) in [5.41, 5.74) is 5.75. The molecule has 0 bridgehead atoms. The number of nitrogens with zero attached hydrogens (tertiary/aromatic N) is 1. The van der Waals surface area contributed by atoms with Crippen LogP contribution >= 0.6 is 11.3 Å². The first-order valence-electron chi connectivity index (χ1n) is 6.27. The molecule has 1 aromatic rings. The van der Waals surface area contributed by atoms with Crippen molar-refractivity contribution < 1.29 is 17.9 Å². The number of ether oxygens (including phenoxy) is 1. The predicted molar refractivity (Wildman–Crippen MR) is 84.8 cm³/mol. The fraction of sp³-hybridized carbons (Fsp3) is 0.583. The van der Waals surface area contributed by atoms with Crippen molar-refractivity contribution >= 4 is 37.8 Å². The highest BCUT2D eigenvalue weighted by atomic mass is 32.2. The number of hydrogen-bond donors (Lipinski definition) is 2. The smallest absolute Gasteiger partial charge is 0.350 e. The van der Waals surface area contributed by atoms with Gasteiger partial charge in [-0.3, -0.25) is 0 Å². The van der Waals surface area contributed by atoms with E-state index in [2.05, 4.69) is 10.1 Å².